The van der Waals surface area contributed by atoms with Crippen molar-refractivity contribution in [2.24, 2.45) is 0 Å². The van der Waals surface area contributed by atoms with Gasteiger partial charge in [-0.15, -0.1) is 0 Å². The van der Waals surface area contributed by atoms with Gasteiger partial charge in [0.15, 0.2) is 0 Å². The zero-order chi connectivity index (χ0) is 14.0. The molecule has 0 aromatic carbocycles. The zero-order valence-corrected chi connectivity index (χ0v) is 12.0. The molecule has 2 rings (SSSR count). The molecule has 5 nitrogen and oxygen atoms in total. The number of rotatable bonds is 3. The Labute approximate surface area is 114 Å². The maximum atomic E-state index is 12.4. The molecule has 1 saturated carbocycles. The van der Waals surface area contributed by atoms with Crippen LogP contribution in [0.4, 0.5) is 0 Å². The van der Waals surface area contributed by atoms with Gasteiger partial charge in [0.1, 0.15) is 12.1 Å². The molecule has 1 aliphatic heterocycles. The van der Waals surface area contributed by atoms with Crippen molar-refractivity contribution in [2.75, 3.05) is 7.11 Å². The Hall–Kier alpha value is -1.10. The van der Waals surface area contributed by atoms with Gasteiger partial charge in [0, 0.05) is 13.2 Å². The van der Waals surface area contributed by atoms with Crippen LogP contribution in [0.15, 0.2) is 0 Å². The molecule has 0 aromatic heterocycles. The number of hydrogen-bond acceptors (Lipinski definition) is 3. The number of nitrogens with one attached hydrogen (secondary N) is 1. The van der Waals surface area contributed by atoms with E-state index in [0.717, 1.165) is 25.7 Å². The van der Waals surface area contributed by atoms with Gasteiger partial charge in [-0.3, -0.25) is 9.59 Å². The molecule has 1 heterocycles. The van der Waals surface area contributed by atoms with Crippen LogP contribution in [0, 0.1) is 0 Å². The Bertz CT molecular complexity index is 359. The average Bonchev–Trinajstić information content (AvgIpc) is 2.42. The highest BCUT2D eigenvalue weighted by molar-refractivity contribution is 5.96. The predicted octanol–water partition coefficient (Wildman–Crippen LogP) is 1.07. The molecule has 0 spiro atoms. The van der Waals surface area contributed by atoms with Gasteiger partial charge >= 0.3 is 0 Å². The minimum Gasteiger partial charge on any atom is -0.381 e. The van der Waals surface area contributed by atoms with Crippen LogP contribution in [0.3, 0.4) is 0 Å². The topological polar surface area (TPSA) is 58.6 Å². The summed E-state index contributed by atoms with van der Waals surface area (Å²) < 4.78 is 5.43. The molecule has 2 aliphatic rings. The van der Waals surface area contributed by atoms with Crippen molar-refractivity contribution in [3.63, 3.8) is 0 Å². The van der Waals surface area contributed by atoms with Crippen LogP contribution in [-0.4, -0.2) is 48.1 Å². The summed E-state index contributed by atoms with van der Waals surface area (Å²) in [6.45, 7) is 3.72. The second kappa shape index (κ2) is 5.90. The number of methoxy groups -OCH3 is 1. The number of nitrogens with zero attached hydrogens (tertiary/aromatic N) is 1. The standard InChI is InChI=1S/C14H24N2O3/c1-4-12-13(17)15-9(2)14(18)16(12)10-6-5-7-11(8-10)19-3/h9-12H,4-8H2,1-3H3,(H,15,17). The van der Waals surface area contributed by atoms with Crippen molar-refractivity contribution in [1.82, 2.24) is 10.2 Å². The van der Waals surface area contributed by atoms with Crippen molar-refractivity contribution in [3.8, 4) is 0 Å². The van der Waals surface area contributed by atoms with Crippen LogP contribution in [0.1, 0.15) is 46.0 Å². The largest absolute Gasteiger partial charge is 0.381 e. The summed E-state index contributed by atoms with van der Waals surface area (Å²) >= 11 is 0. The van der Waals surface area contributed by atoms with E-state index in [1.807, 2.05) is 11.8 Å². The third-order valence-electron chi connectivity index (χ3n) is 4.33. The van der Waals surface area contributed by atoms with E-state index in [2.05, 4.69) is 5.32 Å². The van der Waals surface area contributed by atoms with Crippen LogP contribution < -0.4 is 5.32 Å². The lowest BCUT2D eigenvalue weighted by Gasteiger charge is -2.45. The van der Waals surface area contributed by atoms with Crippen LogP contribution in [-0.2, 0) is 14.3 Å². The van der Waals surface area contributed by atoms with Crippen molar-refractivity contribution in [3.05, 3.63) is 0 Å². The second-order valence-electron chi connectivity index (χ2n) is 5.58. The fourth-order valence-corrected chi connectivity index (χ4v) is 3.28. The molecule has 4 atom stereocenters. The van der Waals surface area contributed by atoms with Crippen LogP contribution >= 0.6 is 0 Å². The summed E-state index contributed by atoms with van der Waals surface area (Å²) in [5.74, 6) is 0.0299. The molecule has 5 heteroatoms. The molecule has 19 heavy (non-hydrogen) atoms. The van der Waals surface area contributed by atoms with Crippen molar-refractivity contribution in [1.29, 1.82) is 0 Å². The first-order valence-electron chi connectivity index (χ1n) is 7.23. The van der Waals surface area contributed by atoms with Gasteiger partial charge in [0.05, 0.1) is 6.10 Å². The Morgan fingerprint density at radius 3 is 2.74 bits per heavy atom. The normalized spacial score (nSPS) is 36.3. The highest BCUT2D eigenvalue weighted by Crippen LogP contribution is 2.29. The molecule has 1 saturated heterocycles. The van der Waals surface area contributed by atoms with Crippen LogP contribution in [0.25, 0.3) is 0 Å². The molecule has 2 amide bonds. The van der Waals surface area contributed by atoms with Gasteiger partial charge in [-0.05, 0) is 39.0 Å². The van der Waals surface area contributed by atoms with Gasteiger partial charge in [-0.2, -0.15) is 0 Å². The molecule has 2 fully saturated rings. The first-order chi connectivity index (χ1) is 9.08. The first kappa shape index (κ1) is 14.3. The van der Waals surface area contributed by atoms with Gasteiger partial charge in [0.2, 0.25) is 11.8 Å². The number of amides is 2. The summed E-state index contributed by atoms with van der Waals surface area (Å²) in [5.41, 5.74) is 0. The molecule has 0 bridgehead atoms. The SMILES string of the molecule is CCC1C(=O)NC(C)C(=O)N1C1CCCC(OC)C1. The van der Waals surface area contributed by atoms with Crippen LogP contribution in [0.2, 0.25) is 0 Å². The Kier molecular flexibility index (Phi) is 4.45. The maximum absolute atomic E-state index is 12.4. The monoisotopic (exact) mass is 268 g/mol. The number of carbonyl (C=O) groups is 2. The Balaban J connectivity index is 2.17. The third kappa shape index (κ3) is 2.76. The lowest BCUT2D eigenvalue weighted by atomic mass is 9.89. The van der Waals surface area contributed by atoms with E-state index in [9.17, 15) is 9.59 Å². The molecule has 1 N–H and O–H groups in total. The fraction of sp³-hybridized carbons (Fsp3) is 0.857. The van der Waals surface area contributed by atoms with E-state index in [1.165, 1.54) is 0 Å². The molecule has 4 unspecified atom stereocenters. The van der Waals surface area contributed by atoms with Crippen molar-refractivity contribution < 1.29 is 14.3 Å². The summed E-state index contributed by atoms with van der Waals surface area (Å²) in [4.78, 5) is 26.3. The summed E-state index contributed by atoms with van der Waals surface area (Å²) in [5, 5.41) is 2.76. The predicted molar refractivity (Wildman–Crippen MR) is 71.6 cm³/mol. The lowest BCUT2D eigenvalue weighted by molar-refractivity contribution is -0.153. The highest BCUT2D eigenvalue weighted by Gasteiger charge is 2.42. The fourth-order valence-electron chi connectivity index (χ4n) is 3.28. The Morgan fingerprint density at radius 1 is 1.37 bits per heavy atom. The van der Waals surface area contributed by atoms with E-state index in [0.29, 0.717) is 6.42 Å². The first-order valence-corrected chi connectivity index (χ1v) is 7.23. The number of piperazine rings is 1. The Morgan fingerprint density at radius 2 is 2.11 bits per heavy atom. The maximum Gasteiger partial charge on any atom is 0.245 e. The van der Waals surface area contributed by atoms with E-state index >= 15 is 0 Å². The molecule has 108 valence electrons. The average molecular weight is 268 g/mol. The smallest absolute Gasteiger partial charge is 0.245 e. The quantitative estimate of drug-likeness (QED) is 0.833. The zero-order valence-electron chi connectivity index (χ0n) is 12.0. The molecule has 0 aromatic rings. The van der Waals surface area contributed by atoms with Gasteiger partial charge in [0.25, 0.3) is 0 Å². The van der Waals surface area contributed by atoms with Crippen molar-refractivity contribution in [2.45, 2.75) is 70.2 Å². The summed E-state index contributed by atoms with van der Waals surface area (Å²) in [6, 6.07) is -0.577. The van der Waals surface area contributed by atoms with E-state index in [1.54, 1.807) is 14.0 Å². The van der Waals surface area contributed by atoms with Crippen LogP contribution in [0.5, 0.6) is 0 Å². The lowest BCUT2D eigenvalue weighted by Crippen LogP contribution is -2.65. The third-order valence-corrected chi connectivity index (χ3v) is 4.33. The number of ether oxygens (including phenoxy) is 1. The minimum absolute atomic E-state index is 0.0193. The van der Waals surface area contributed by atoms with E-state index in [-0.39, 0.29) is 30.0 Å². The van der Waals surface area contributed by atoms with E-state index < -0.39 is 6.04 Å². The number of hydrogen-bond donors (Lipinski definition) is 1. The van der Waals surface area contributed by atoms with Gasteiger partial charge < -0.3 is 15.0 Å². The second-order valence-corrected chi connectivity index (χ2v) is 5.58. The van der Waals surface area contributed by atoms with E-state index in [4.69, 9.17) is 4.74 Å². The summed E-state index contributed by atoms with van der Waals surface area (Å²) in [6.07, 6.45) is 4.80. The number of carbonyl (C=O) groups excluding carboxylic acids is 2. The molecular weight excluding hydrogens is 244 g/mol. The highest BCUT2D eigenvalue weighted by atomic mass is 16.5. The molecular formula is C14H24N2O3. The minimum atomic E-state index is -0.404. The van der Waals surface area contributed by atoms with Gasteiger partial charge in [-0.1, -0.05) is 6.92 Å². The van der Waals surface area contributed by atoms with Crippen molar-refractivity contribution >= 4 is 11.8 Å². The molecule has 1 aliphatic carbocycles. The summed E-state index contributed by atoms with van der Waals surface area (Å²) in [7, 11) is 1.72. The van der Waals surface area contributed by atoms with Gasteiger partial charge in [-0.25, -0.2) is 0 Å². The molecule has 0 radical (unpaired) electrons.